The molecule has 0 aliphatic carbocycles. The second-order valence-corrected chi connectivity index (χ2v) is 17.6. The fourth-order valence-electron chi connectivity index (χ4n) is 2.34. The average Bonchev–Trinajstić information content (AvgIpc) is 2.57. The van der Waals surface area contributed by atoms with Crippen LogP contribution in [0.1, 0.15) is 40.0 Å². The van der Waals surface area contributed by atoms with Crippen LogP contribution >= 0.6 is 15.2 Å². The SMILES string of the molecule is COP(=O)(OC)C(CCCC(=O)O)(O[Si](C)(C)C(C)(C)C)P(=O)(OC)OC. The van der Waals surface area contributed by atoms with Gasteiger partial charge in [-0.05, 0) is 31.0 Å². The largest absolute Gasteiger partial charge is 0.481 e. The molecule has 0 aromatic rings. The van der Waals surface area contributed by atoms with Crippen molar-refractivity contribution < 1.29 is 41.6 Å². The Balaban J connectivity index is 6.71. The molecule has 0 aromatic heterocycles. The first-order valence-corrected chi connectivity index (χ1v) is 14.5. The van der Waals surface area contributed by atoms with Crippen molar-refractivity contribution in [3.63, 3.8) is 0 Å². The molecular weight excluding hydrogens is 414 g/mol. The van der Waals surface area contributed by atoms with Crippen molar-refractivity contribution in [1.29, 1.82) is 0 Å². The molecule has 0 aliphatic heterocycles. The van der Waals surface area contributed by atoms with Crippen LogP contribution in [0, 0.1) is 0 Å². The molecule has 0 saturated heterocycles. The molecule has 0 amide bonds. The van der Waals surface area contributed by atoms with Gasteiger partial charge < -0.3 is 27.6 Å². The van der Waals surface area contributed by atoms with Crippen molar-refractivity contribution in [2.45, 2.75) is 63.2 Å². The summed E-state index contributed by atoms with van der Waals surface area (Å²) in [6, 6.07) is 0. The third-order valence-corrected chi connectivity index (χ3v) is 15.5. The quantitative estimate of drug-likeness (QED) is 0.329. The van der Waals surface area contributed by atoms with Crippen molar-refractivity contribution >= 4 is 29.5 Å². The monoisotopic (exact) mass is 448 g/mol. The highest BCUT2D eigenvalue weighted by molar-refractivity contribution is 7.74. The molecule has 1 N–H and O–H groups in total. The summed E-state index contributed by atoms with van der Waals surface area (Å²) in [5, 5.41) is 6.58. The van der Waals surface area contributed by atoms with Crippen LogP contribution in [0.3, 0.4) is 0 Å². The third kappa shape index (κ3) is 5.51. The molecule has 162 valence electrons. The van der Waals surface area contributed by atoms with E-state index >= 15 is 0 Å². The lowest BCUT2D eigenvalue weighted by atomic mass is 10.2. The summed E-state index contributed by atoms with van der Waals surface area (Å²) in [6.45, 7) is 9.62. The zero-order valence-electron chi connectivity index (χ0n) is 17.7. The van der Waals surface area contributed by atoms with Crippen LogP contribution in [0.2, 0.25) is 18.1 Å². The van der Waals surface area contributed by atoms with Gasteiger partial charge in [-0.15, -0.1) is 0 Å². The van der Waals surface area contributed by atoms with Gasteiger partial charge in [0.05, 0.1) is 0 Å². The summed E-state index contributed by atoms with van der Waals surface area (Å²) in [5.41, 5.74) is 0. The molecule has 9 nitrogen and oxygen atoms in total. The summed E-state index contributed by atoms with van der Waals surface area (Å²) >= 11 is 0. The van der Waals surface area contributed by atoms with E-state index < -0.39 is 34.6 Å². The van der Waals surface area contributed by atoms with Gasteiger partial charge in [0.1, 0.15) is 0 Å². The Morgan fingerprint density at radius 1 is 0.926 bits per heavy atom. The summed E-state index contributed by atoms with van der Waals surface area (Å²) in [7, 11) is -6.49. The Kier molecular flexibility index (Phi) is 9.61. The molecule has 0 radical (unpaired) electrons. The van der Waals surface area contributed by atoms with E-state index in [9.17, 15) is 13.9 Å². The Morgan fingerprint density at radius 3 is 1.56 bits per heavy atom. The molecule has 0 unspecified atom stereocenters. The summed E-state index contributed by atoms with van der Waals surface area (Å²) < 4.78 is 54.2. The van der Waals surface area contributed by atoms with E-state index in [1.54, 1.807) is 0 Å². The van der Waals surface area contributed by atoms with Gasteiger partial charge in [-0.2, -0.15) is 0 Å². The third-order valence-electron chi connectivity index (χ3n) is 4.94. The van der Waals surface area contributed by atoms with Crippen LogP contribution in [-0.4, -0.2) is 52.9 Å². The number of hydrogen-bond donors (Lipinski definition) is 1. The molecule has 0 atom stereocenters. The highest BCUT2D eigenvalue weighted by Crippen LogP contribution is 2.79. The number of aliphatic carboxylic acids is 1. The van der Waals surface area contributed by atoms with E-state index in [-0.39, 0.29) is 24.3 Å². The van der Waals surface area contributed by atoms with E-state index in [2.05, 4.69) is 0 Å². The summed E-state index contributed by atoms with van der Waals surface area (Å²) in [4.78, 5) is 11.0. The fraction of sp³-hybridized carbons (Fsp3) is 0.933. The first-order chi connectivity index (χ1) is 12.1. The summed E-state index contributed by atoms with van der Waals surface area (Å²) in [5.74, 6) is -1.05. The minimum atomic E-state index is -4.20. The van der Waals surface area contributed by atoms with Gasteiger partial charge in [0.15, 0.2) is 8.32 Å². The number of hydrogen-bond acceptors (Lipinski definition) is 8. The van der Waals surface area contributed by atoms with Crippen LogP contribution in [0.15, 0.2) is 0 Å². The Morgan fingerprint density at radius 2 is 1.30 bits per heavy atom. The van der Waals surface area contributed by atoms with Crippen LogP contribution in [0.4, 0.5) is 0 Å². The van der Waals surface area contributed by atoms with E-state index in [1.165, 1.54) is 0 Å². The minimum Gasteiger partial charge on any atom is -0.481 e. The Labute approximate surface area is 163 Å². The molecule has 0 saturated carbocycles. The second-order valence-electron chi connectivity index (χ2n) is 7.58. The molecule has 12 heteroatoms. The molecule has 0 aromatic carbocycles. The van der Waals surface area contributed by atoms with Crippen molar-refractivity contribution in [3.05, 3.63) is 0 Å². The lowest BCUT2D eigenvalue weighted by Gasteiger charge is -2.48. The topological polar surface area (TPSA) is 118 Å². The first kappa shape index (κ1) is 26.9. The standard InChI is InChI=1S/C15H34O9P2Si/c1-14(2,3)27(8,9)24-15(12-10-11-13(16)17,25(18,20-4)21-5)26(19,22-6)23-7/h10-12H2,1-9H3,(H,16,17). The predicted molar refractivity (Wildman–Crippen MR) is 106 cm³/mol. The Bertz CT molecular complexity index is 559. The maximum absolute atomic E-state index is 13.6. The van der Waals surface area contributed by atoms with Crippen molar-refractivity contribution in [2.75, 3.05) is 28.4 Å². The van der Waals surface area contributed by atoms with E-state index in [0.29, 0.717) is 0 Å². The lowest BCUT2D eigenvalue weighted by Crippen LogP contribution is -2.50. The van der Waals surface area contributed by atoms with Crippen molar-refractivity contribution in [2.24, 2.45) is 0 Å². The maximum Gasteiger partial charge on any atom is 0.373 e. The normalized spacial score (nSPS) is 14.4. The second kappa shape index (κ2) is 9.63. The number of carboxylic acid groups (broad SMARTS) is 1. The zero-order valence-corrected chi connectivity index (χ0v) is 20.5. The summed E-state index contributed by atoms with van der Waals surface area (Å²) in [6.07, 6.45) is -0.440. The molecule has 0 spiro atoms. The van der Waals surface area contributed by atoms with E-state index in [1.807, 2.05) is 33.9 Å². The molecule has 0 rings (SSSR count). The van der Waals surface area contributed by atoms with Crippen LogP contribution < -0.4 is 0 Å². The van der Waals surface area contributed by atoms with Crippen LogP contribution in [0.25, 0.3) is 0 Å². The Hall–Kier alpha value is -0.0531. The first-order valence-electron chi connectivity index (χ1n) is 8.47. The molecule has 0 bridgehead atoms. The zero-order chi connectivity index (χ0) is 21.7. The maximum atomic E-state index is 13.6. The van der Waals surface area contributed by atoms with Gasteiger partial charge in [-0.25, -0.2) is 0 Å². The number of rotatable bonds is 12. The van der Waals surface area contributed by atoms with E-state index in [4.69, 9.17) is 27.6 Å². The van der Waals surface area contributed by atoms with E-state index in [0.717, 1.165) is 28.4 Å². The highest BCUT2D eigenvalue weighted by Gasteiger charge is 2.67. The smallest absolute Gasteiger partial charge is 0.373 e. The molecule has 0 aliphatic rings. The fourth-order valence-corrected chi connectivity index (χ4v) is 10.3. The van der Waals surface area contributed by atoms with Gasteiger partial charge in [-0.1, -0.05) is 20.8 Å². The van der Waals surface area contributed by atoms with Gasteiger partial charge in [0, 0.05) is 34.9 Å². The van der Waals surface area contributed by atoms with Gasteiger partial charge in [0.25, 0.3) is 5.08 Å². The van der Waals surface area contributed by atoms with Crippen molar-refractivity contribution in [3.8, 4) is 0 Å². The number of carbonyl (C=O) groups is 1. The van der Waals surface area contributed by atoms with Gasteiger partial charge in [-0.3, -0.25) is 13.9 Å². The molecule has 0 heterocycles. The highest BCUT2D eigenvalue weighted by atomic mass is 31.2. The van der Waals surface area contributed by atoms with Crippen molar-refractivity contribution in [1.82, 2.24) is 0 Å². The minimum absolute atomic E-state index is 0.0113. The van der Waals surface area contributed by atoms with Crippen LogP contribution in [-0.2, 0) is 36.4 Å². The van der Waals surface area contributed by atoms with Crippen LogP contribution in [0.5, 0.6) is 0 Å². The molecule has 0 fully saturated rings. The lowest BCUT2D eigenvalue weighted by molar-refractivity contribution is -0.137. The predicted octanol–water partition coefficient (Wildman–Crippen LogP) is 4.89. The number of carboxylic acids is 1. The average molecular weight is 448 g/mol. The molecule has 27 heavy (non-hydrogen) atoms. The van der Waals surface area contributed by atoms with Gasteiger partial charge in [0.2, 0.25) is 0 Å². The molecular formula is C15H34O9P2Si. The van der Waals surface area contributed by atoms with Gasteiger partial charge >= 0.3 is 21.2 Å².